The third-order valence-electron chi connectivity index (χ3n) is 4.46. The summed E-state index contributed by atoms with van der Waals surface area (Å²) in [6.45, 7) is 4.43. The van der Waals surface area contributed by atoms with Gasteiger partial charge in [0.1, 0.15) is 5.75 Å². The Kier molecular flexibility index (Phi) is 6.34. The van der Waals surface area contributed by atoms with Gasteiger partial charge in [0.2, 0.25) is 0 Å². The van der Waals surface area contributed by atoms with Crippen LogP contribution in [0.1, 0.15) is 42.6 Å². The van der Waals surface area contributed by atoms with Crippen molar-refractivity contribution < 1.29 is 19.4 Å². The lowest BCUT2D eigenvalue weighted by Gasteiger charge is -2.13. The molecular weight excluding hydrogens is 392 g/mol. The monoisotopic (exact) mass is 412 g/mol. The van der Waals surface area contributed by atoms with Crippen molar-refractivity contribution in [3.63, 3.8) is 0 Å². The molecule has 29 heavy (non-hydrogen) atoms. The average molecular weight is 413 g/mol. The van der Waals surface area contributed by atoms with Crippen LogP contribution in [-0.4, -0.2) is 29.3 Å². The maximum absolute atomic E-state index is 13.0. The zero-order valence-electron chi connectivity index (χ0n) is 16.2. The third kappa shape index (κ3) is 4.49. The molecule has 0 saturated carbocycles. The van der Waals surface area contributed by atoms with E-state index in [1.54, 1.807) is 19.1 Å². The van der Waals surface area contributed by atoms with Gasteiger partial charge < -0.3 is 9.84 Å². The molecule has 1 N–H and O–H groups in total. The number of rotatable bonds is 7. The zero-order chi connectivity index (χ0) is 21.0. The molecule has 0 fully saturated rings. The molecule has 0 unspecified atom stereocenters. The number of carbonyl (C=O) groups excluding carboxylic acids is 1. The van der Waals surface area contributed by atoms with Crippen molar-refractivity contribution in [3.8, 4) is 5.75 Å². The molecule has 150 valence electrons. The van der Waals surface area contributed by atoms with Gasteiger partial charge in [-0.05, 0) is 43.7 Å². The van der Waals surface area contributed by atoms with E-state index in [0.717, 1.165) is 18.4 Å². The first-order chi connectivity index (χ1) is 13.9. The predicted octanol–water partition coefficient (Wildman–Crippen LogP) is 5.02. The Labute approximate surface area is 174 Å². The molecule has 0 aromatic heterocycles. The van der Waals surface area contributed by atoms with Crippen molar-refractivity contribution in [3.05, 3.63) is 64.2 Å². The van der Waals surface area contributed by atoms with Crippen molar-refractivity contribution in [2.24, 2.45) is 5.10 Å². The van der Waals surface area contributed by atoms with E-state index in [1.807, 2.05) is 24.3 Å². The summed E-state index contributed by atoms with van der Waals surface area (Å²) >= 11 is 5.92. The fraction of sp³-hybridized carbons (Fsp3) is 0.227. The van der Waals surface area contributed by atoms with Crippen LogP contribution in [0.2, 0.25) is 5.02 Å². The highest BCUT2D eigenvalue weighted by Gasteiger charge is 2.29. The summed E-state index contributed by atoms with van der Waals surface area (Å²) in [6, 6.07) is 11.8. The molecule has 3 rings (SSSR count). The van der Waals surface area contributed by atoms with E-state index in [4.69, 9.17) is 16.3 Å². The number of hydrogen-bond acceptors (Lipinski definition) is 4. The summed E-state index contributed by atoms with van der Waals surface area (Å²) in [5.41, 5.74) is 1.99. The number of halogens is 1. The number of nitrogens with zero attached hydrogens (tertiary/aromatic N) is 2. The Morgan fingerprint density at radius 3 is 2.76 bits per heavy atom. The maximum Gasteiger partial charge on any atom is 0.337 e. The van der Waals surface area contributed by atoms with Crippen molar-refractivity contribution in [2.75, 3.05) is 11.6 Å². The van der Waals surface area contributed by atoms with Crippen molar-refractivity contribution >= 4 is 41.0 Å². The van der Waals surface area contributed by atoms with Gasteiger partial charge in [0.15, 0.2) is 0 Å². The van der Waals surface area contributed by atoms with Crippen LogP contribution in [-0.2, 0) is 4.79 Å². The van der Waals surface area contributed by atoms with Crippen molar-refractivity contribution in [1.82, 2.24) is 0 Å². The van der Waals surface area contributed by atoms with E-state index in [0.29, 0.717) is 29.3 Å². The van der Waals surface area contributed by atoms with Crippen LogP contribution in [0.25, 0.3) is 6.08 Å². The molecule has 2 aromatic carbocycles. The summed E-state index contributed by atoms with van der Waals surface area (Å²) in [5.74, 6) is -0.810. The topological polar surface area (TPSA) is 79.2 Å². The summed E-state index contributed by atoms with van der Waals surface area (Å²) < 4.78 is 5.84. The number of carboxylic acids is 1. The molecule has 0 bridgehead atoms. The summed E-state index contributed by atoms with van der Waals surface area (Å²) in [7, 11) is 0. The molecule has 0 spiro atoms. The van der Waals surface area contributed by atoms with Gasteiger partial charge in [0.05, 0.1) is 34.2 Å². The molecule has 6 nitrogen and oxygen atoms in total. The van der Waals surface area contributed by atoms with Gasteiger partial charge in [-0.2, -0.15) is 10.1 Å². The lowest BCUT2D eigenvalue weighted by atomic mass is 10.1. The molecular formula is C22H21ClN2O4. The second kappa shape index (κ2) is 8.92. The number of amides is 1. The van der Waals surface area contributed by atoms with Crippen molar-refractivity contribution in [2.45, 2.75) is 26.7 Å². The number of para-hydroxylation sites is 1. The molecule has 0 radical (unpaired) electrons. The fourth-order valence-corrected chi connectivity index (χ4v) is 3.08. The number of carboxylic acid groups (broad SMARTS) is 1. The SMILES string of the molecule is CCCCOc1ccccc1/C=C1\C(=O)N(c2ccc(Cl)c(C(=O)O)c2)N=C1C. The van der Waals surface area contributed by atoms with E-state index < -0.39 is 5.97 Å². The number of benzene rings is 2. The van der Waals surface area contributed by atoms with Crippen LogP contribution in [0.15, 0.2) is 53.1 Å². The second-order valence-electron chi connectivity index (χ2n) is 6.57. The molecule has 0 saturated heterocycles. The van der Waals surface area contributed by atoms with Crippen LogP contribution in [0.5, 0.6) is 5.75 Å². The highest BCUT2D eigenvalue weighted by atomic mass is 35.5. The highest BCUT2D eigenvalue weighted by Crippen LogP contribution is 2.30. The van der Waals surface area contributed by atoms with E-state index in [-0.39, 0.29) is 16.5 Å². The maximum atomic E-state index is 13.0. The van der Waals surface area contributed by atoms with Gasteiger partial charge in [0.25, 0.3) is 5.91 Å². The van der Waals surface area contributed by atoms with Crippen LogP contribution >= 0.6 is 11.6 Å². The number of hydrogen-bond donors (Lipinski definition) is 1. The zero-order valence-corrected chi connectivity index (χ0v) is 16.9. The fourth-order valence-electron chi connectivity index (χ4n) is 2.88. The smallest absolute Gasteiger partial charge is 0.337 e. The number of anilines is 1. The third-order valence-corrected chi connectivity index (χ3v) is 4.79. The van der Waals surface area contributed by atoms with Gasteiger partial charge in [-0.1, -0.05) is 43.1 Å². The minimum Gasteiger partial charge on any atom is -0.493 e. The minimum atomic E-state index is -1.17. The quantitative estimate of drug-likeness (QED) is 0.511. The molecule has 1 heterocycles. The molecule has 7 heteroatoms. The van der Waals surface area contributed by atoms with Gasteiger partial charge >= 0.3 is 5.97 Å². The second-order valence-corrected chi connectivity index (χ2v) is 6.98. The Bertz CT molecular complexity index is 1010. The largest absolute Gasteiger partial charge is 0.493 e. The number of hydrazone groups is 1. The summed E-state index contributed by atoms with van der Waals surface area (Å²) in [6.07, 6.45) is 3.72. The van der Waals surface area contributed by atoms with Crippen LogP contribution in [0.4, 0.5) is 5.69 Å². The first-order valence-electron chi connectivity index (χ1n) is 9.28. The normalized spacial score (nSPS) is 15.0. The molecule has 0 atom stereocenters. The Morgan fingerprint density at radius 1 is 1.28 bits per heavy atom. The minimum absolute atomic E-state index is 0.0862. The summed E-state index contributed by atoms with van der Waals surface area (Å²) in [4.78, 5) is 24.3. The number of ether oxygens (including phenoxy) is 1. The predicted molar refractivity (Wildman–Crippen MR) is 114 cm³/mol. The lowest BCUT2D eigenvalue weighted by Crippen LogP contribution is -2.21. The lowest BCUT2D eigenvalue weighted by molar-refractivity contribution is -0.114. The number of unbranched alkanes of at least 4 members (excludes halogenated alkanes) is 1. The van der Waals surface area contributed by atoms with Gasteiger partial charge in [-0.3, -0.25) is 4.79 Å². The van der Waals surface area contributed by atoms with Gasteiger partial charge in [-0.25, -0.2) is 4.79 Å². The Hall–Kier alpha value is -3.12. The molecule has 1 aliphatic heterocycles. The van der Waals surface area contributed by atoms with E-state index >= 15 is 0 Å². The highest BCUT2D eigenvalue weighted by molar-refractivity contribution is 6.34. The standard InChI is InChI=1S/C22H21ClN2O4/c1-3-4-11-29-20-8-6-5-7-15(20)12-17-14(2)24-25(21(17)26)16-9-10-19(23)18(13-16)22(27)28/h5-10,12-13H,3-4,11H2,1-2H3,(H,27,28)/b17-12-. The molecule has 1 amide bonds. The van der Waals surface area contributed by atoms with Crippen LogP contribution < -0.4 is 9.75 Å². The van der Waals surface area contributed by atoms with Gasteiger partial charge in [-0.15, -0.1) is 0 Å². The Morgan fingerprint density at radius 2 is 2.03 bits per heavy atom. The van der Waals surface area contributed by atoms with E-state index in [9.17, 15) is 14.7 Å². The van der Waals surface area contributed by atoms with E-state index in [1.165, 1.54) is 17.1 Å². The van der Waals surface area contributed by atoms with Crippen LogP contribution in [0.3, 0.4) is 0 Å². The van der Waals surface area contributed by atoms with Gasteiger partial charge in [0, 0.05) is 5.56 Å². The first kappa shape index (κ1) is 20.6. The number of aromatic carboxylic acids is 1. The van der Waals surface area contributed by atoms with E-state index in [2.05, 4.69) is 12.0 Å². The summed E-state index contributed by atoms with van der Waals surface area (Å²) in [5, 5.41) is 14.9. The molecule has 1 aliphatic rings. The van der Waals surface area contributed by atoms with Crippen LogP contribution in [0, 0.1) is 0 Å². The molecule has 0 aliphatic carbocycles. The van der Waals surface area contributed by atoms with Crippen molar-refractivity contribution in [1.29, 1.82) is 0 Å². The number of carbonyl (C=O) groups is 2. The molecule has 2 aromatic rings. The average Bonchev–Trinajstić information content (AvgIpc) is 2.98. The first-order valence-corrected chi connectivity index (χ1v) is 9.66. The Balaban J connectivity index is 1.91.